The molecule has 5 nitrogen and oxygen atoms in total. The lowest BCUT2D eigenvalue weighted by Crippen LogP contribution is -2.59. The van der Waals surface area contributed by atoms with E-state index in [9.17, 15) is 0 Å². The largest absolute Gasteiger partial charge is 0.497 e. The van der Waals surface area contributed by atoms with Gasteiger partial charge >= 0.3 is 0 Å². The lowest BCUT2D eigenvalue weighted by Gasteiger charge is -2.48. The number of benzene rings is 1. The molecule has 2 heterocycles. The Hall–Kier alpha value is -2.01. The molecule has 1 aromatic carbocycles. The van der Waals surface area contributed by atoms with Crippen LogP contribution in [0.2, 0.25) is 0 Å². The highest BCUT2D eigenvalue weighted by Crippen LogP contribution is 2.30. The van der Waals surface area contributed by atoms with Crippen molar-refractivity contribution in [1.82, 2.24) is 9.88 Å². The minimum Gasteiger partial charge on any atom is -0.497 e. The third-order valence-electron chi connectivity index (χ3n) is 4.81. The van der Waals surface area contributed by atoms with Crippen molar-refractivity contribution >= 4 is 5.69 Å². The summed E-state index contributed by atoms with van der Waals surface area (Å²) >= 11 is 0. The Morgan fingerprint density at radius 3 is 2.48 bits per heavy atom. The highest BCUT2D eigenvalue weighted by Gasteiger charge is 2.34. The summed E-state index contributed by atoms with van der Waals surface area (Å²) in [4.78, 5) is 9.55. The van der Waals surface area contributed by atoms with E-state index in [1.54, 1.807) is 13.4 Å². The van der Waals surface area contributed by atoms with Gasteiger partial charge < -0.3 is 14.1 Å². The van der Waals surface area contributed by atoms with E-state index >= 15 is 0 Å². The Morgan fingerprint density at radius 1 is 1.20 bits per heavy atom. The normalized spacial score (nSPS) is 17.9. The van der Waals surface area contributed by atoms with Crippen LogP contribution in [0.1, 0.15) is 45.2 Å². The second-order valence-electron chi connectivity index (χ2n) is 7.70. The molecule has 1 fully saturated rings. The molecule has 1 saturated heterocycles. The molecular weight excluding hydrogens is 314 g/mol. The Balaban J connectivity index is 1.66. The molecule has 0 radical (unpaired) electrons. The van der Waals surface area contributed by atoms with Crippen LogP contribution >= 0.6 is 0 Å². The van der Waals surface area contributed by atoms with E-state index in [0.29, 0.717) is 5.92 Å². The molecule has 1 aliphatic rings. The third kappa shape index (κ3) is 3.98. The number of hydrogen-bond acceptors (Lipinski definition) is 5. The molecular formula is C20H29N3O2. The summed E-state index contributed by atoms with van der Waals surface area (Å²) < 4.78 is 10.8. The number of ether oxygens (including phenoxy) is 1. The van der Waals surface area contributed by atoms with E-state index in [-0.39, 0.29) is 5.54 Å². The first-order valence-corrected chi connectivity index (χ1v) is 8.97. The number of hydrogen-bond donors (Lipinski definition) is 0. The van der Waals surface area contributed by atoms with E-state index < -0.39 is 0 Å². The second kappa shape index (κ2) is 7.08. The topological polar surface area (TPSA) is 41.7 Å². The van der Waals surface area contributed by atoms with Gasteiger partial charge in [-0.2, -0.15) is 0 Å². The summed E-state index contributed by atoms with van der Waals surface area (Å²) in [7, 11) is 1.70. The zero-order chi connectivity index (χ0) is 18.0. The molecule has 0 N–H and O–H groups in total. The van der Waals surface area contributed by atoms with Crippen LogP contribution in [-0.4, -0.2) is 42.2 Å². The van der Waals surface area contributed by atoms with Gasteiger partial charge in [0.15, 0.2) is 5.89 Å². The van der Waals surface area contributed by atoms with Crippen LogP contribution in [0.3, 0.4) is 0 Å². The van der Waals surface area contributed by atoms with Gasteiger partial charge in [0.1, 0.15) is 12.0 Å². The Bertz CT molecular complexity index is 691. The third-order valence-corrected chi connectivity index (χ3v) is 4.81. The van der Waals surface area contributed by atoms with Crippen molar-refractivity contribution < 1.29 is 9.15 Å². The molecule has 1 aliphatic heterocycles. The van der Waals surface area contributed by atoms with E-state index in [2.05, 4.69) is 54.6 Å². The van der Waals surface area contributed by atoms with E-state index in [0.717, 1.165) is 43.5 Å². The van der Waals surface area contributed by atoms with Crippen LogP contribution in [0.25, 0.3) is 0 Å². The summed E-state index contributed by atoms with van der Waals surface area (Å²) in [5.74, 6) is 2.05. The van der Waals surface area contributed by atoms with Crippen molar-refractivity contribution in [3.05, 3.63) is 42.1 Å². The standard InChI is InChI=1S/C20H29N3O2/c1-15(2)19-21-16(13-25-19)12-22-10-11-23(20(3,4)14-22)17-6-8-18(24-5)9-7-17/h6-9,13,15H,10-12,14H2,1-5H3. The van der Waals surface area contributed by atoms with Crippen LogP contribution in [0.5, 0.6) is 5.75 Å². The van der Waals surface area contributed by atoms with Crippen molar-refractivity contribution in [1.29, 1.82) is 0 Å². The van der Waals surface area contributed by atoms with Crippen LogP contribution in [-0.2, 0) is 6.54 Å². The van der Waals surface area contributed by atoms with Gasteiger partial charge in [-0.1, -0.05) is 13.8 Å². The summed E-state index contributed by atoms with van der Waals surface area (Å²) in [6.07, 6.45) is 1.80. The fraction of sp³-hybridized carbons (Fsp3) is 0.550. The maximum atomic E-state index is 5.57. The van der Waals surface area contributed by atoms with E-state index in [1.165, 1.54) is 5.69 Å². The molecule has 25 heavy (non-hydrogen) atoms. The number of aromatic nitrogens is 1. The number of nitrogens with zero attached hydrogens (tertiary/aromatic N) is 3. The van der Waals surface area contributed by atoms with Gasteiger partial charge in [-0.25, -0.2) is 4.98 Å². The molecule has 2 aromatic rings. The van der Waals surface area contributed by atoms with Gasteiger partial charge in [0, 0.05) is 43.3 Å². The van der Waals surface area contributed by atoms with Gasteiger partial charge in [0.05, 0.1) is 12.8 Å². The van der Waals surface area contributed by atoms with Crippen molar-refractivity contribution in [2.75, 3.05) is 31.6 Å². The van der Waals surface area contributed by atoms with Crippen molar-refractivity contribution in [3.8, 4) is 5.75 Å². The highest BCUT2D eigenvalue weighted by atomic mass is 16.5. The Labute approximate surface area is 150 Å². The van der Waals surface area contributed by atoms with E-state index in [1.807, 2.05) is 12.1 Å². The minimum absolute atomic E-state index is 0.0530. The summed E-state index contributed by atoms with van der Waals surface area (Å²) in [6.45, 7) is 12.6. The number of piperazine rings is 1. The van der Waals surface area contributed by atoms with Gasteiger partial charge in [0.2, 0.25) is 0 Å². The molecule has 0 aliphatic carbocycles. The first-order chi connectivity index (χ1) is 11.9. The van der Waals surface area contributed by atoms with Crippen molar-refractivity contribution in [2.24, 2.45) is 0 Å². The van der Waals surface area contributed by atoms with Gasteiger partial charge in [-0.15, -0.1) is 0 Å². The molecule has 5 heteroatoms. The lowest BCUT2D eigenvalue weighted by atomic mass is 9.97. The fourth-order valence-electron chi connectivity index (χ4n) is 3.52. The molecule has 0 amide bonds. The lowest BCUT2D eigenvalue weighted by molar-refractivity contribution is 0.174. The zero-order valence-electron chi connectivity index (χ0n) is 16.0. The number of anilines is 1. The molecule has 0 saturated carbocycles. The van der Waals surface area contributed by atoms with Gasteiger partial charge in [-0.3, -0.25) is 4.90 Å². The molecule has 0 spiro atoms. The van der Waals surface area contributed by atoms with Crippen LogP contribution in [0, 0.1) is 0 Å². The predicted molar refractivity (Wildman–Crippen MR) is 100 cm³/mol. The van der Waals surface area contributed by atoms with Gasteiger partial charge in [0.25, 0.3) is 0 Å². The fourth-order valence-corrected chi connectivity index (χ4v) is 3.52. The second-order valence-corrected chi connectivity index (χ2v) is 7.70. The molecule has 136 valence electrons. The Morgan fingerprint density at radius 2 is 1.92 bits per heavy atom. The van der Waals surface area contributed by atoms with Gasteiger partial charge in [-0.05, 0) is 38.1 Å². The van der Waals surface area contributed by atoms with Crippen LogP contribution in [0.4, 0.5) is 5.69 Å². The first-order valence-electron chi connectivity index (χ1n) is 8.97. The van der Waals surface area contributed by atoms with Crippen LogP contribution in [0.15, 0.2) is 34.9 Å². The predicted octanol–water partition coefficient (Wildman–Crippen LogP) is 3.91. The van der Waals surface area contributed by atoms with Crippen molar-refractivity contribution in [2.45, 2.75) is 45.7 Å². The molecule has 1 aromatic heterocycles. The smallest absolute Gasteiger partial charge is 0.196 e. The molecule has 3 rings (SSSR count). The Kier molecular flexibility index (Phi) is 5.04. The summed E-state index contributed by atoms with van der Waals surface area (Å²) in [5.41, 5.74) is 2.32. The number of oxazole rings is 1. The highest BCUT2D eigenvalue weighted by molar-refractivity contribution is 5.51. The number of rotatable bonds is 5. The summed E-state index contributed by atoms with van der Waals surface area (Å²) in [6, 6.07) is 8.34. The number of methoxy groups -OCH3 is 1. The molecule has 0 atom stereocenters. The monoisotopic (exact) mass is 343 g/mol. The van der Waals surface area contributed by atoms with E-state index in [4.69, 9.17) is 9.15 Å². The summed E-state index contributed by atoms with van der Waals surface area (Å²) in [5, 5.41) is 0. The quantitative estimate of drug-likeness (QED) is 0.823. The SMILES string of the molecule is COc1ccc(N2CCN(Cc3coc(C(C)C)n3)CC2(C)C)cc1. The molecule has 0 unspecified atom stereocenters. The van der Waals surface area contributed by atoms with Crippen molar-refractivity contribution in [3.63, 3.8) is 0 Å². The minimum atomic E-state index is 0.0530. The average molecular weight is 343 g/mol. The zero-order valence-corrected chi connectivity index (χ0v) is 16.0. The maximum absolute atomic E-state index is 5.57. The maximum Gasteiger partial charge on any atom is 0.196 e. The first kappa shape index (κ1) is 17.8. The average Bonchev–Trinajstić information content (AvgIpc) is 3.03. The molecule has 0 bridgehead atoms. The van der Waals surface area contributed by atoms with Crippen LogP contribution < -0.4 is 9.64 Å².